The van der Waals surface area contributed by atoms with Gasteiger partial charge in [-0.05, 0) is 50.7 Å². The van der Waals surface area contributed by atoms with Crippen molar-refractivity contribution >= 4 is 11.5 Å². The molecule has 19 heavy (non-hydrogen) atoms. The van der Waals surface area contributed by atoms with Gasteiger partial charge in [0.15, 0.2) is 0 Å². The van der Waals surface area contributed by atoms with Crippen molar-refractivity contribution in [2.24, 2.45) is 22.4 Å². The average molecular weight is 257 g/mol. The minimum atomic E-state index is 0.308. The van der Waals surface area contributed by atoms with Crippen LogP contribution in [-0.2, 0) is 0 Å². The molecular weight excluding hydrogens is 234 g/mol. The maximum atomic E-state index is 6.13. The summed E-state index contributed by atoms with van der Waals surface area (Å²) in [5.74, 6) is 1.24. The molecule has 1 saturated carbocycles. The van der Waals surface area contributed by atoms with Gasteiger partial charge >= 0.3 is 0 Å². The van der Waals surface area contributed by atoms with E-state index in [2.05, 4.69) is 31.8 Å². The molecule has 1 aliphatic rings. The topological polar surface area (TPSA) is 64.4 Å². The molecule has 0 aliphatic heterocycles. The standard InChI is InChI=1S/C16H23N3/c1-10-5-4-6-14(11(10)2)15(17)9-16(18)19-12(3)13-7-8-13/h4-6,9,12-13H,7-8,17H2,1-3H3,(H2,18,19)/b15-9-. The highest BCUT2D eigenvalue weighted by molar-refractivity contribution is 5.98. The molecule has 1 aromatic rings. The molecule has 0 radical (unpaired) electrons. The van der Waals surface area contributed by atoms with Gasteiger partial charge in [0.2, 0.25) is 0 Å². The van der Waals surface area contributed by atoms with Gasteiger partial charge in [-0.15, -0.1) is 0 Å². The molecule has 102 valence electrons. The van der Waals surface area contributed by atoms with Crippen LogP contribution >= 0.6 is 0 Å². The Morgan fingerprint density at radius 3 is 2.63 bits per heavy atom. The molecule has 0 heterocycles. The molecule has 3 heteroatoms. The lowest BCUT2D eigenvalue weighted by molar-refractivity contribution is 0.652. The highest BCUT2D eigenvalue weighted by atomic mass is 14.9. The molecule has 1 atom stereocenters. The van der Waals surface area contributed by atoms with Crippen LogP contribution in [0.25, 0.3) is 5.70 Å². The number of aliphatic imine (C=N–C) groups is 1. The Balaban J connectivity index is 2.19. The molecule has 1 aliphatic carbocycles. The van der Waals surface area contributed by atoms with Gasteiger partial charge < -0.3 is 11.5 Å². The molecule has 4 N–H and O–H groups in total. The normalized spacial score (nSPS) is 18.5. The quantitative estimate of drug-likeness (QED) is 0.643. The van der Waals surface area contributed by atoms with Crippen molar-refractivity contribution < 1.29 is 0 Å². The summed E-state index contributed by atoms with van der Waals surface area (Å²) in [6.45, 7) is 6.27. The Morgan fingerprint density at radius 2 is 2.00 bits per heavy atom. The van der Waals surface area contributed by atoms with E-state index in [1.54, 1.807) is 6.08 Å². The minimum absolute atomic E-state index is 0.308. The lowest BCUT2D eigenvalue weighted by Gasteiger charge is -2.09. The fourth-order valence-electron chi connectivity index (χ4n) is 2.26. The van der Waals surface area contributed by atoms with E-state index in [0.29, 0.717) is 23.5 Å². The fourth-order valence-corrected chi connectivity index (χ4v) is 2.26. The van der Waals surface area contributed by atoms with Gasteiger partial charge in [0, 0.05) is 17.3 Å². The third kappa shape index (κ3) is 3.37. The second-order valence-electron chi connectivity index (χ2n) is 5.48. The molecule has 2 rings (SSSR count). The van der Waals surface area contributed by atoms with Gasteiger partial charge in [-0.25, -0.2) is 0 Å². The van der Waals surface area contributed by atoms with E-state index in [1.807, 2.05) is 12.1 Å². The van der Waals surface area contributed by atoms with E-state index in [1.165, 1.54) is 24.0 Å². The number of rotatable bonds is 4. The summed E-state index contributed by atoms with van der Waals surface area (Å²) in [4.78, 5) is 4.49. The molecule has 0 saturated heterocycles. The molecule has 1 aromatic carbocycles. The Bertz CT molecular complexity index is 525. The Kier molecular flexibility index (Phi) is 3.93. The predicted octanol–water partition coefficient (Wildman–Crippen LogP) is 2.76. The van der Waals surface area contributed by atoms with Gasteiger partial charge in [0.1, 0.15) is 5.84 Å². The summed E-state index contributed by atoms with van der Waals surface area (Å²) in [7, 11) is 0. The molecule has 1 fully saturated rings. The Labute approximate surface area is 115 Å². The zero-order chi connectivity index (χ0) is 14.0. The van der Waals surface area contributed by atoms with E-state index >= 15 is 0 Å². The monoisotopic (exact) mass is 257 g/mol. The summed E-state index contributed by atoms with van der Waals surface area (Å²) >= 11 is 0. The van der Waals surface area contributed by atoms with E-state index in [-0.39, 0.29) is 0 Å². The number of nitrogens with two attached hydrogens (primary N) is 2. The van der Waals surface area contributed by atoms with Gasteiger partial charge in [-0.1, -0.05) is 18.2 Å². The van der Waals surface area contributed by atoms with Crippen molar-refractivity contribution in [2.75, 3.05) is 0 Å². The highest BCUT2D eigenvalue weighted by Gasteiger charge is 2.27. The van der Waals surface area contributed by atoms with Crippen LogP contribution in [0.2, 0.25) is 0 Å². The van der Waals surface area contributed by atoms with Crippen LogP contribution in [-0.4, -0.2) is 11.9 Å². The van der Waals surface area contributed by atoms with Crippen molar-refractivity contribution in [3.63, 3.8) is 0 Å². The van der Waals surface area contributed by atoms with E-state index < -0.39 is 0 Å². The van der Waals surface area contributed by atoms with E-state index in [0.717, 1.165) is 5.56 Å². The summed E-state index contributed by atoms with van der Waals surface area (Å²) in [5.41, 5.74) is 16.2. The fraction of sp³-hybridized carbons (Fsp3) is 0.438. The molecule has 0 aromatic heterocycles. The first kappa shape index (κ1) is 13.7. The predicted molar refractivity (Wildman–Crippen MR) is 81.9 cm³/mol. The minimum Gasteiger partial charge on any atom is -0.398 e. The van der Waals surface area contributed by atoms with Crippen LogP contribution in [0, 0.1) is 19.8 Å². The zero-order valence-electron chi connectivity index (χ0n) is 12.0. The molecule has 0 amide bonds. The van der Waals surface area contributed by atoms with Gasteiger partial charge in [0.25, 0.3) is 0 Å². The van der Waals surface area contributed by atoms with Crippen LogP contribution in [0.15, 0.2) is 29.3 Å². The average Bonchev–Trinajstić information content (AvgIpc) is 3.16. The van der Waals surface area contributed by atoms with Crippen molar-refractivity contribution in [1.29, 1.82) is 0 Å². The SMILES string of the molecule is Cc1cccc(/C(N)=C/C(N)=NC(C)C2CC2)c1C. The summed E-state index contributed by atoms with van der Waals surface area (Å²) in [6, 6.07) is 6.42. The maximum absolute atomic E-state index is 6.13. The lowest BCUT2D eigenvalue weighted by atomic mass is 10.0. The van der Waals surface area contributed by atoms with Crippen LogP contribution in [0.3, 0.4) is 0 Å². The largest absolute Gasteiger partial charge is 0.398 e. The second kappa shape index (κ2) is 5.47. The van der Waals surface area contributed by atoms with E-state index in [4.69, 9.17) is 11.5 Å². The molecule has 1 unspecified atom stereocenters. The maximum Gasteiger partial charge on any atom is 0.120 e. The smallest absolute Gasteiger partial charge is 0.120 e. The number of aryl methyl sites for hydroxylation is 1. The summed E-state index contributed by atoms with van der Waals surface area (Å²) in [5, 5.41) is 0. The summed E-state index contributed by atoms with van der Waals surface area (Å²) in [6.07, 6.45) is 4.32. The number of amidine groups is 1. The first-order chi connectivity index (χ1) is 8.99. The third-order valence-corrected chi connectivity index (χ3v) is 3.88. The van der Waals surface area contributed by atoms with Gasteiger partial charge in [-0.2, -0.15) is 0 Å². The zero-order valence-corrected chi connectivity index (χ0v) is 12.0. The lowest BCUT2D eigenvalue weighted by Crippen LogP contribution is -2.16. The first-order valence-electron chi connectivity index (χ1n) is 6.86. The second-order valence-corrected chi connectivity index (χ2v) is 5.48. The van der Waals surface area contributed by atoms with E-state index in [9.17, 15) is 0 Å². The van der Waals surface area contributed by atoms with Gasteiger partial charge in [-0.3, -0.25) is 4.99 Å². The first-order valence-corrected chi connectivity index (χ1v) is 6.86. The van der Waals surface area contributed by atoms with Crippen molar-refractivity contribution in [3.8, 4) is 0 Å². The number of benzene rings is 1. The number of hydrogen-bond acceptors (Lipinski definition) is 2. The molecular formula is C16H23N3. The van der Waals surface area contributed by atoms with Crippen LogP contribution in [0.1, 0.15) is 36.5 Å². The van der Waals surface area contributed by atoms with Crippen LogP contribution < -0.4 is 11.5 Å². The number of hydrogen-bond donors (Lipinski definition) is 2. The number of nitrogens with zero attached hydrogens (tertiary/aromatic N) is 1. The van der Waals surface area contributed by atoms with Gasteiger partial charge in [0.05, 0.1) is 6.04 Å². The van der Waals surface area contributed by atoms with Crippen molar-refractivity contribution in [2.45, 2.75) is 39.7 Å². The van der Waals surface area contributed by atoms with Crippen molar-refractivity contribution in [3.05, 3.63) is 41.0 Å². The molecule has 0 spiro atoms. The molecule has 3 nitrogen and oxygen atoms in total. The summed E-state index contributed by atoms with van der Waals surface area (Å²) < 4.78 is 0. The Morgan fingerprint density at radius 1 is 1.32 bits per heavy atom. The third-order valence-electron chi connectivity index (χ3n) is 3.88. The molecule has 0 bridgehead atoms. The Hall–Kier alpha value is -1.77. The van der Waals surface area contributed by atoms with Crippen LogP contribution in [0.5, 0.6) is 0 Å². The highest BCUT2D eigenvalue weighted by Crippen LogP contribution is 2.34. The van der Waals surface area contributed by atoms with Crippen LogP contribution in [0.4, 0.5) is 0 Å². The van der Waals surface area contributed by atoms with Crippen molar-refractivity contribution in [1.82, 2.24) is 0 Å².